The number of hydrogen-bond acceptors (Lipinski definition) is 10. The Morgan fingerprint density at radius 3 is 2.31 bits per heavy atom. The van der Waals surface area contributed by atoms with E-state index in [1.54, 1.807) is 26.0 Å². The maximum atomic E-state index is 14.0. The highest BCUT2D eigenvalue weighted by atomic mass is 32.2. The third-order valence-electron chi connectivity index (χ3n) is 8.49. The number of carbonyl (C=O) groups excluding carboxylic acids is 6. The molecule has 0 aromatic heterocycles. The number of hydrogen-bond donors (Lipinski definition) is 4. The summed E-state index contributed by atoms with van der Waals surface area (Å²) in [7, 11) is 1.17. The zero-order valence-electron chi connectivity index (χ0n) is 29.2. The minimum Gasteiger partial charge on any atom is -0.467 e. The Morgan fingerprint density at radius 2 is 1.73 bits per heavy atom. The van der Waals surface area contributed by atoms with E-state index in [-0.39, 0.29) is 63.2 Å². The lowest BCUT2D eigenvalue weighted by Crippen LogP contribution is -2.42. The van der Waals surface area contributed by atoms with Crippen molar-refractivity contribution < 1.29 is 43.3 Å². The summed E-state index contributed by atoms with van der Waals surface area (Å²) in [5.74, 6) is -4.02. The summed E-state index contributed by atoms with van der Waals surface area (Å²) < 4.78 is 10.2. The van der Waals surface area contributed by atoms with Crippen molar-refractivity contribution >= 4 is 47.2 Å². The average Bonchev–Trinajstić information content (AvgIpc) is 3.01. The van der Waals surface area contributed by atoms with Gasteiger partial charge in [-0.3, -0.25) is 19.2 Å². The van der Waals surface area contributed by atoms with E-state index >= 15 is 0 Å². The van der Waals surface area contributed by atoms with Gasteiger partial charge in [-0.05, 0) is 51.0 Å². The van der Waals surface area contributed by atoms with E-state index in [1.165, 1.54) is 27.0 Å². The second-order valence-corrected chi connectivity index (χ2v) is 13.8. The minimum absolute atomic E-state index is 0.0602. The molecule has 3 amide bonds. The fourth-order valence-corrected chi connectivity index (χ4v) is 7.03. The average molecular weight is 688 g/mol. The van der Waals surface area contributed by atoms with Gasteiger partial charge in [-0.15, -0.1) is 11.8 Å². The van der Waals surface area contributed by atoms with Crippen LogP contribution in [0.25, 0.3) is 0 Å². The first kappa shape index (κ1) is 40.2. The number of methoxy groups -OCH3 is 1. The van der Waals surface area contributed by atoms with Crippen LogP contribution in [0.3, 0.4) is 0 Å². The van der Waals surface area contributed by atoms with Crippen LogP contribution in [0.5, 0.6) is 0 Å². The van der Waals surface area contributed by atoms with Crippen molar-refractivity contribution in [3.05, 3.63) is 57.2 Å². The molecule has 0 spiro atoms. The van der Waals surface area contributed by atoms with Crippen LogP contribution >= 0.6 is 11.8 Å². The largest absolute Gasteiger partial charge is 0.467 e. The highest BCUT2D eigenvalue weighted by Crippen LogP contribution is 2.36. The number of Topliss-reactive ketones (excluding diaryl/α,β-unsaturated/α-hetero) is 2. The van der Waals surface area contributed by atoms with Gasteiger partial charge in [0.15, 0.2) is 5.78 Å². The Morgan fingerprint density at radius 1 is 1.08 bits per heavy atom. The standard InChI is InChI=1S/C35H49N3O9S/c1-17-13-20(4)28(40)21(5)15-22(6)31(47-35(36)45)18(2)11-10-12-19(3)33(43)38-27-30(42)25(14-17)23(7)29(41)32(27)48-16-26(34(44)46-9)37-24(8)39/h10-12,15,17-18,20-21,26,28,31,40H,13-14,16H2,1-9H3,(H2,36,45)(H,37,39)(H,38,43)/b11-10-,19-12+,22-15+/t17-,18-,20-,21-,26-,28-,31+/m0/s1. The predicted molar refractivity (Wildman–Crippen MR) is 183 cm³/mol. The van der Waals surface area contributed by atoms with Crippen LogP contribution in [0, 0.1) is 23.7 Å². The predicted octanol–water partition coefficient (Wildman–Crippen LogP) is 3.81. The number of rotatable bonds is 6. The molecule has 0 aromatic carbocycles. The van der Waals surface area contributed by atoms with Gasteiger partial charge in [-0.2, -0.15) is 0 Å². The third-order valence-corrected chi connectivity index (χ3v) is 9.66. The summed E-state index contributed by atoms with van der Waals surface area (Å²) in [6.45, 7) is 13.6. The molecule has 7 atom stereocenters. The number of esters is 1. The fourth-order valence-electron chi connectivity index (χ4n) is 5.90. The molecule has 1 heterocycles. The lowest BCUT2D eigenvalue weighted by molar-refractivity contribution is -0.144. The summed E-state index contributed by atoms with van der Waals surface area (Å²) in [6, 6.07) is -1.11. The molecule has 1 aliphatic heterocycles. The molecule has 0 saturated carbocycles. The van der Waals surface area contributed by atoms with Crippen LogP contribution in [0.2, 0.25) is 0 Å². The maximum absolute atomic E-state index is 14.0. The lowest BCUT2D eigenvalue weighted by atomic mass is 9.81. The topological polar surface area (TPSA) is 191 Å². The number of ether oxygens (including phenoxy) is 2. The molecular formula is C35H49N3O9S. The maximum Gasteiger partial charge on any atom is 0.405 e. The van der Waals surface area contributed by atoms with Crippen LogP contribution < -0.4 is 16.4 Å². The first-order chi connectivity index (χ1) is 22.4. The number of aliphatic hydroxyl groups is 1. The Kier molecular flexibility index (Phi) is 15.1. The Hall–Kier alpha value is -3.97. The van der Waals surface area contributed by atoms with Gasteiger partial charge >= 0.3 is 12.1 Å². The molecule has 5 N–H and O–H groups in total. The zero-order chi connectivity index (χ0) is 36.5. The molecule has 0 radical (unpaired) electrons. The van der Waals surface area contributed by atoms with Gasteiger partial charge in [0, 0.05) is 41.2 Å². The molecule has 12 nitrogen and oxygen atoms in total. The van der Waals surface area contributed by atoms with E-state index in [1.807, 2.05) is 33.8 Å². The van der Waals surface area contributed by atoms with Gasteiger partial charge < -0.3 is 30.9 Å². The van der Waals surface area contributed by atoms with E-state index in [4.69, 9.17) is 15.2 Å². The molecule has 264 valence electrons. The van der Waals surface area contributed by atoms with Crippen molar-refractivity contribution in [3.63, 3.8) is 0 Å². The first-order valence-corrected chi connectivity index (χ1v) is 16.9. The highest BCUT2D eigenvalue weighted by molar-refractivity contribution is 8.04. The number of nitrogens with two attached hydrogens (primary N) is 1. The number of allylic oxidation sites excluding steroid dienone is 5. The van der Waals surface area contributed by atoms with E-state index < -0.39 is 53.7 Å². The number of fused-ring (bicyclic) bond motifs is 2. The van der Waals surface area contributed by atoms with Gasteiger partial charge in [0.2, 0.25) is 11.7 Å². The summed E-state index contributed by atoms with van der Waals surface area (Å²) >= 11 is 0.865. The second-order valence-electron chi connectivity index (χ2n) is 12.7. The molecular weight excluding hydrogens is 638 g/mol. The summed E-state index contributed by atoms with van der Waals surface area (Å²) in [5.41, 5.74) is 6.55. The van der Waals surface area contributed by atoms with Gasteiger partial charge in [-0.1, -0.05) is 52.0 Å². The van der Waals surface area contributed by atoms with Crippen molar-refractivity contribution in [3.8, 4) is 0 Å². The van der Waals surface area contributed by atoms with Crippen LogP contribution in [-0.4, -0.2) is 71.7 Å². The van der Waals surface area contributed by atoms with Crippen LogP contribution in [0.4, 0.5) is 4.79 Å². The van der Waals surface area contributed by atoms with Gasteiger partial charge in [0.1, 0.15) is 17.8 Å². The molecule has 13 heteroatoms. The number of thioether (sulfide) groups is 1. The number of aliphatic hydroxyl groups excluding tert-OH is 1. The lowest BCUT2D eigenvalue weighted by Gasteiger charge is -2.29. The molecule has 2 aliphatic rings. The number of amides is 3. The number of ketones is 2. The normalized spacial score (nSPS) is 29.9. The molecule has 1 aliphatic carbocycles. The fraction of sp³-hybridized carbons (Fsp3) is 0.543. The van der Waals surface area contributed by atoms with Crippen molar-refractivity contribution in [2.75, 3.05) is 12.9 Å². The van der Waals surface area contributed by atoms with E-state index in [9.17, 15) is 33.9 Å². The Labute approximate surface area is 286 Å². The van der Waals surface area contributed by atoms with E-state index in [2.05, 4.69) is 10.6 Å². The van der Waals surface area contributed by atoms with Crippen molar-refractivity contribution in [1.29, 1.82) is 0 Å². The molecule has 48 heavy (non-hydrogen) atoms. The summed E-state index contributed by atoms with van der Waals surface area (Å²) in [4.78, 5) is 77.0. The molecule has 0 saturated heterocycles. The molecule has 0 aromatic rings. The quantitative estimate of drug-likeness (QED) is 0.181. The van der Waals surface area contributed by atoms with Gasteiger partial charge in [0.05, 0.1) is 18.1 Å². The van der Waals surface area contributed by atoms with Crippen molar-refractivity contribution in [2.24, 2.45) is 29.4 Å². The van der Waals surface area contributed by atoms with Gasteiger partial charge in [-0.25, -0.2) is 9.59 Å². The SMILES string of the molecule is COC(=O)[C@H](CSC1=C2NC(=O)/C(C)=C/C=C\[C@H](C)[C@@H](OC(N)=O)/C(C)=C/[C@H](C)[C@@H](O)[C@@H](C)C[C@H](C)CC(=C(C)C1=O)C2=O)NC(C)=O. The summed E-state index contributed by atoms with van der Waals surface area (Å²) in [6.07, 6.45) is 5.02. The van der Waals surface area contributed by atoms with Crippen LogP contribution in [-0.2, 0) is 33.4 Å². The van der Waals surface area contributed by atoms with Crippen LogP contribution in [0.15, 0.2) is 57.2 Å². The monoisotopic (exact) mass is 687 g/mol. The highest BCUT2D eigenvalue weighted by Gasteiger charge is 2.36. The number of primary amides is 1. The molecule has 2 rings (SSSR count). The van der Waals surface area contributed by atoms with Crippen molar-refractivity contribution in [1.82, 2.24) is 10.6 Å². The Bertz CT molecular complexity index is 1460. The van der Waals surface area contributed by atoms with E-state index in [0.717, 1.165) is 11.8 Å². The number of carbonyl (C=O) groups is 6. The smallest absolute Gasteiger partial charge is 0.405 e. The molecule has 2 bridgehead atoms. The minimum atomic E-state index is -1.11. The van der Waals surface area contributed by atoms with Crippen LogP contribution in [0.1, 0.15) is 68.2 Å². The number of nitrogens with one attached hydrogen (secondary N) is 2. The van der Waals surface area contributed by atoms with E-state index in [0.29, 0.717) is 12.0 Å². The van der Waals surface area contributed by atoms with Crippen molar-refractivity contribution in [2.45, 2.75) is 86.5 Å². The third kappa shape index (κ3) is 10.8. The Balaban J connectivity index is 2.65. The first-order valence-electron chi connectivity index (χ1n) is 15.9. The zero-order valence-corrected chi connectivity index (χ0v) is 30.0. The second kappa shape index (κ2) is 18.0. The van der Waals surface area contributed by atoms with Gasteiger partial charge in [0.25, 0.3) is 5.91 Å². The molecule has 0 unspecified atom stereocenters. The molecule has 0 fully saturated rings. The summed E-state index contributed by atoms with van der Waals surface area (Å²) in [5, 5.41) is 16.3.